The Morgan fingerprint density at radius 1 is 1.50 bits per heavy atom. The summed E-state index contributed by atoms with van der Waals surface area (Å²) >= 11 is 0. The SMILES string of the molecule is C[C@@H](N)C(=O)Nc1ccc(NCC2CCCO2)c(F)c1.Cl.Cl. The van der Waals surface area contributed by atoms with E-state index in [0.717, 1.165) is 19.4 Å². The zero-order chi connectivity index (χ0) is 14.5. The number of carbonyl (C=O) groups is 1. The molecule has 8 heteroatoms. The van der Waals surface area contributed by atoms with Gasteiger partial charge in [0.25, 0.3) is 0 Å². The molecule has 0 spiro atoms. The molecule has 0 saturated carbocycles. The maximum absolute atomic E-state index is 13.9. The van der Waals surface area contributed by atoms with Crippen molar-refractivity contribution >= 4 is 42.1 Å². The number of nitrogens with two attached hydrogens (primary N) is 1. The van der Waals surface area contributed by atoms with Crippen LogP contribution in [-0.2, 0) is 9.53 Å². The number of benzene rings is 1. The first-order chi connectivity index (χ1) is 9.56. The lowest BCUT2D eigenvalue weighted by atomic mass is 10.2. The van der Waals surface area contributed by atoms with Gasteiger partial charge in [-0.2, -0.15) is 0 Å². The van der Waals surface area contributed by atoms with Crippen LogP contribution in [0.25, 0.3) is 0 Å². The van der Waals surface area contributed by atoms with Gasteiger partial charge in [0.05, 0.1) is 17.8 Å². The molecule has 1 aliphatic rings. The molecule has 2 rings (SSSR count). The molecular weight excluding hydrogens is 332 g/mol. The van der Waals surface area contributed by atoms with Gasteiger partial charge < -0.3 is 21.1 Å². The molecule has 1 heterocycles. The molecule has 0 bridgehead atoms. The van der Waals surface area contributed by atoms with Crippen LogP contribution in [0.2, 0.25) is 0 Å². The predicted molar refractivity (Wildman–Crippen MR) is 90.6 cm³/mol. The van der Waals surface area contributed by atoms with Crippen molar-refractivity contribution in [1.29, 1.82) is 0 Å². The Morgan fingerprint density at radius 2 is 2.23 bits per heavy atom. The van der Waals surface area contributed by atoms with E-state index in [2.05, 4.69) is 10.6 Å². The maximum Gasteiger partial charge on any atom is 0.241 e. The third-order valence-electron chi connectivity index (χ3n) is 3.19. The number of rotatable bonds is 5. The number of carbonyl (C=O) groups excluding carboxylic acids is 1. The predicted octanol–water partition coefficient (Wildman–Crippen LogP) is 2.55. The third kappa shape index (κ3) is 5.96. The van der Waals surface area contributed by atoms with E-state index in [1.54, 1.807) is 19.1 Å². The maximum atomic E-state index is 13.9. The van der Waals surface area contributed by atoms with E-state index in [4.69, 9.17) is 10.5 Å². The fraction of sp³-hybridized carbons (Fsp3) is 0.500. The highest BCUT2D eigenvalue weighted by atomic mass is 35.5. The Bertz CT molecular complexity index is 483. The molecule has 1 aromatic carbocycles. The Morgan fingerprint density at radius 3 is 2.77 bits per heavy atom. The topological polar surface area (TPSA) is 76.4 Å². The molecular formula is C14H22Cl2FN3O2. The van der Waals surface area contributed by atoms with Crippen LogP contribution in [0.15, 0.2) is 18.2 Å². The third-order valence-corrected chi connectivity index (χ3v) is 3.19. The minimum Gasteiger partial charge on any atom is -0.380 e. The highest BCUT2D eigenvalue weighted by Gasteiger charge is 2.16. The second-order valence-electron chi connectivity index (χ2n) is 4.99. The summed E-state index contributed by atoms with van der Waals surface area (Å²) < 4.78 is 19.4. The minimum absolute atomic E-state index is 0. The van der Waals surface area contributed by atoms with Gasteiger partial charge in [-0.1, -0.05) is 0 Å². The number of ether oxygens (including phenoxy) is 1. The fourth-order valence-corrected chi connectivity index (χ4v) is 2.02. The van der Waals surface area contributed by atoms with Crippen molar-refractivity contribution in [3.8, 4) is 0 Å². The van der Waals surface area contributed by atoms with Gasteiger partial charge in [-0.15, -0.1) is 24.8 Å². The van der Waals surface area contributed by atoms with Crippen LogP contribution >= 0.6 is 24.8 Å². The molecule has 1 unspecified atom stereocenters. The first kappa shape index (κ1) is 20.9. The lowest BCUT2D eigenvalue weighted by molar-refractivity contribution is -0.117. The van der Waals surface area contributed by atoms with E-state index in [1.807, 2.05) is 0 Å². The van der Waals surface area contributed by atoms with Crippen LogP contribution in [0.5, 0.6) is 0 Å². The van der Waals surface area contributed by atoms with Crippen LogP contribution in [0.3, 0.4) is 0 Å². The summed E-state index contributed by atoms with van der Waals surface area (Å²) in [4.78, 5) is 11.4. The summed E-state index contributed by atoms with van der Waals surface area (Å²) in [7, 11) is 0. The normalized spacial score (nSPS) is 17.9. The molecule has 1 amide bonds. The van der Waals surface area contributed by atoms with E-state index < -0.39 is 11.9 Å². The molecule has 5 nitrogen and oxygen atoms in total. The number of amides is 1. The van der Waals surface area contributed by atoms with Gasteiger partial charge in [0.15, 0.2) is 0 Å². The zero-order valence-electron chi connectivity index (χ0n) is 12.3. The fourth-order valence-electron chi connectivity index (χ4n) is 2.02. The van der Waals surface area contributed by atoms with Crippen LogP contribution < -0.4 is 16.4 Å². The van der Waals surface area contributed by atoms with Gasteiger partial charge in [0.2, 0.25) is 5.91 Å². The summed E-state index contributed by atoms with van der Waals surface area (Å²) in [5, 5.41) is 5.57. The van der Waals surface area contributed by atoms with Crippen LogP contribution in [0, 0.1) is 5.82 Å². The van der Waals surface area contributed by atoms with Gasteiger partial charge in [0.1, 0.15) is 5.82 Å². The van der Waals surface area contributed by atoms with E-state index in [1.165, 1.54) is 6.07 Å². The average molecular weight is 354 g/mol. The van der Waals surface area contributed by atoms with Crippen LogP contribution in [0.1, 0.15) is 19.8 Å². The highest BCUT2D eigenvalue weighted by Crippen LogP contribution is 2.20. The quantitative estimate of drug-likeness (QED) is 0.760. The average Bonchev–Trinajstić information content (AvgIpc) is 2.90. The van der Waals surface area contributed by atoms with Crippen molar-refractivity contribution in [3.63, 3.8) is 0 Å². The monoisotopic (exact) mass is 353 g/mol. The van der Waals surface area contributed by atoms with E-state index in [9.17, 15) is 9.18 Å². The molecule has 22 heavy (non-hydrogen) atoms. The molecule has 1 aromatic rings. The van der Waals surface area contributed by atoms with Gasteiger partial charge in [-0.25, -0.2) is 4.39 Å². The van der Waals surface area contributed by atoms with Gasteiger partial charge in [0, 0.05) is 18.8 Å². The summed E-state index contributed by atoms with van der Waals surface area (Å²) in [5.41, 5.74) is 6.24. The molecule has 1 fully saturated rings. The van der Waals surface area contributed by atoms with E-state index in [0.29, 0.717) is 17.9 Å². The molecule has 0 aliphatic carbocycles. The molecule has 1 saturated heterocycles. The molecule has 1 aliphatic heterocycles. The van der Waals surface area contributed by atoms with Crippen molar-refractivity contribution in [1.82, 2.24) is 0 Å². The van der Waals surface area contributed by atoms with Crippen LogP contribution in [-0.4, -0.2) is 31.2 Å². The molecule has 2 atom stereocenters. The molecule has 0 radical (unpaired) electrons. The first-order valence-electron chi connectivity index (χ1n) is 6.77. The highest BCUT2D eigenvalue weighted by molar-refractivity contribution is 5.94. The van der Waals surface area contributed by atoms with Crippen molar-refractivity contribution in [3.05, 3.63) is 24.0 Å². The molecule has 4 N–H and O–H groups in total. The Kier molecular flexibility index (Phi) is 9.36. The van der Waals surface area contributed by atoms with Gasteiger partial charge >= 0.3 is 0 Å². The van der Waals surface area contributed by atoms with E-state index >= 15 is 0 Å². The smallest absolute Gasteiger partial charge is 0.241 e. The van der Waals surface area contributed by atoms with Crippen molar-refractivity contribution in [2.75, 3.05) is 23.8 Å². The number of nitrogens with one attached hydrogen (secondary N) is 2. The zero-order valence-corrected chi connectivity index (χ0v) is 13.9. The van der Waals surface area contributed by atoms with Crippen molar-refractivity contribution < 1.29 is 13.9 Å². The number of hydrogen-bond acceptors (Lipinski definition) is 4. The van der Waals surface area contributed by atoms with Gasteiger partial charge in [-0.3, -0.25) is 4.79 Å². The minimum atomic E-state index is -0.629. The Hall–Kier alpha value is -1.08. The summed E-state index contributed by atoms with van der Waals surface area (Å²) in [6, 6.07) is 3.89. The second kappa shape index (κ2) is 9.84. The lowest BCUT2D eigenvalue weighted by Crippen LogP contribution is -2.32. The van der Waals surface area contributed by atoms with Crippen molar-refractivity contribution in [2.24, 2.45) is 5.73 Å². The first-order valence-corrected chi connectivity index (χ1v) is 6.77. The number of hydrogen-bond donors (Lipinski definition) is 3. The molecule has 126 valence electrons. The second-order valence-corrected chi connectivity index (χ2v) is 4.99. The van der Waals surface area contributed by atoms with E-state index in [-0.39, 0.29) is 36.8 Å². The summed E-state index contributed by atoms with van der Waals surface area (Å²) in [5.74, 6) is -0.755. The van der Waals surface area contributed by atoms with Crippen LogP contribution in [0.4, 0.5) is 15.8 Å². The summed E-state index contributed by atoms with van der Waals surface area (Å²) in [6.45, 7) is 2.93. The number of halogens is 3. The molecule has 0 aromatic heterocycles. The summed E-state index contributed by atoms with van der Waals surface area (Å²) in [6.07, 6.45) is 2.20. The van der Waals surface area contributed by atoms with Crippen molar-refractivity contribution in [2.45, 2.75) is 31.9 Å². The standard InChI is InChI=1S/C14H20FN3O2.2ClH/c1-9(16)14(19)18-10-4-5-13(12(15)7-10)17-8-11-3-2-6-20-11;;/h4-5,7,9,11,17H,2-3,6,8,16H2,1H3,(H,18,19);2*1H/t9-,11?;;/m1../s1. The Balaban J connectivity index is 0.00000220. The lowest BCUT2D eigenvalue weighted by Gasteiger charge is -2.14. The largest absolute Gasteiger partial charge is 0.380 e. The van der Waals surface area contributed by atoms with Gasteiger partial charge in [-0.05, 0) is 38.0 Å². The number of anilines is 2. The Labute approximate surface area is 142 Å².